The van der Waals surface area contributed by atoms with Crippen molar-refractivity contribution >= 4 is 0 Å². The van der Waals surface area contributed by atoms with Gasteiger partial charge in [-0.2, -0.15) is 0 Å². The highest BCUT2D eigenvalue weighted by Gasteiger charge is 2.05. The van der Waals surface area contributed by atoms with Gasteiger partial charge in [0, 0.05) is 35.4 Å². The lowest BCUT2D eigenvalue weighted by Gasteiger charge is -2.01. The normalized spacial score (nSPS) is 10.6. The van der Waals surface area contributed by atoms with E-state index in [1.807, 2.05) is 0 Å². The van der Waals surface area contributed by atoms with E-state index in [9.17, 15) is 0 Å². The molecule has 0 bridgehead atoms. The van der Waals surface area contributed by atoms with E-state index in [1.165, 1.54) is 22.3 Å². The molecule has 3 rings (SSSR count). The lowest BCUT2D eigenvalue weighted by molar-refractivity contribution is -0.689. The molecule has 0 fully saturated rings. The van der Waals surface area contributed by atoms with Gasteiger partial charge >= 0.3 is 0 Å². The molecule has 0 unspecified atom stereocenters. The first kappa shape index (κ1) is 14.5. The number of nitrogens with zero attached hydrogens (tertiary/aromatic N) is 2. The highest BCUT2D eigenvalue weighted by atomic mass is 14.9. The van der Waals surface area contributed by atoms with E-state index >= 15 is 0 Å². The monoisotopic (exact) mass is 290 g/mol. The van der Waals surface area contributed by atoms with Gasteiger partial charge in [-0.25, -0.2) is 9.13 Å². The second kappa shape index (κ2) is 6.52. The second-order valence-corrected chi connectivity index (χ2v) is 5.91. The van der Waals surface area contributed by atoms with Crippen molar-refractivity contribution < 1.29 is 9.13 Å². The Hall–Kier alpha value is -2.48. The van der Waals surface area contributed by atoms with Crippen molar-refractivity contribution in [2.24, 2.45) is 0 Å². The summed E-state index contributed by atoms with van der Waals surface area (Å²) in [6, 6.07) is 17.4. The van der Waals surface area contributed by atoms with Crippen molar-refractivity contribution in [1.29, 1.82) is 0 Å². The molecule has 0 spiro atoms. The zero-order valence-electron chi connectivity index (χ0n) is 13.2. The number of rotatable bonds is 4. The standard InChI is InChI=1S/C20H22N2/c1-17-7-11-21(12-8-17)15-19-3-5-20(6-4-19)16-22-13-9-18(2)10-14-22/h3-14H,15-16H2,1-2H3/q+2. The van der Waals surface area contributed by atoms with Crippen LogP contribution in [0.3, 0.4) is 0 Å². The Labute approximate surface area is 132 Å². The van der Waals surface area contributed by atoms with Crippen LogP contribution in [0, 0.1) is 13.8 Å². The smallest absolute Gasteiger partial charge is 0.173 e. The maximum Gasteiger partial charge on any atom is 0.173 e. The van der Waals surface area contributed by atoms with Crippen LogP contribution in [-0.4, -0.2) is 0 Å². The molecule has 0 atom stereocenters. The predicted octanol–water partition coefficient (Wildman–Crippen LogP) is 2.98. The molecule has 2 aromatic heterocycles. The van der Waals surface area contributed by atoms with Gasteiger partial charge in [0.05, 0.1) is 0 Å². The van der Waals surface area contributed by atoms with Crippen molar-refractivity contribution in [3.8, 4) is 0 Å². The van der Waals surface area contributed by atoms with E-state index in [1.54, 1.807) is 0 Å². The molecule has 2 nitrogen and oxygen atoms in total. The first-order valence-corrected chi connectivity index (χ1v) is 7.68. The highest BCUT2D eigenvalue weighted by Crippen LogP contribution is 2.04. The lowest BCUT2D eigenvalue weighted by atomic mass is 10.1. The quantitative estimate of drug-likeness (QED) is 0.653. The minimum atomic E-state index is 0.915. The topological polar surface area (TPSA) is 7.76 Å². The van der Waals surface area contributed by atoms with Gasteiger partial charge in [-0.15, -0.1) is 0 Å². The van der Waals surface area contributed by atoms with Gasteiger partial charge in [0.25, 0.3) is 0 Å². The van der Waals surface area contributed by atoms with Crippen LogP contribution in [0.1, 0.15) is 22.3 Å². The van der Waals surface area contributed by atoms with Crippen molar-refractivity contribution in [2.45, 2.75) is 26.9 Å². The minimum Gasteiger partial charge on any atom is -0.201 e. The van der Waals surface area contributed by atoms with Crippen LogP contribution in [0.15, 0.2) is 73.3 Å². The van der Waals surface area contributed by atoms with E-state index in [4.69, 9.17) is 0 Å². The number of aromatic nitrogens is 2. The molecule has 0 saturated carbocycles. The first-order valence-electron chi connectivity index (χ1n) is 7.68. The van der Waals surface area contributed by atoms with Gasteiger partial charge in [-0.3, -0.25) is 0 Å². The van der Waals surface area contributed by atoms with E-state index in [-0.39, 0.29) is 0 Å². The Morgan fingerprint density at radius 1 is 0.545 bits per heavy atom. The molecular weight excluding hydrogens is 268 g/mol. The van der Waals surface area contributed by atoms with Crippen molar-refractivity contribution in [3.05, 3.63) is 95.6 Å². The van der Waals surface area contributed by atoms with E-state index in [2.05, 4.69) is 96.3 Å². The maximum absolute atomic E-state index is 2.22. The molecule has 0 radical (unpaired) electrons. The predicted molar refractivity (Wildman–Crippen MR) is 87.4 cm³/mol. The van der Waals surface area contributed by atoms with Crippen molar-refractivity contribution in [2.75, 3.05) is 0 Å². The Kier molecular flexibility index (Phi) is 4.29. The molecule has 110 valence electrons. The number of hydrogen-bond donors (Lipinski definition) is 0. The SMILES string of the molecule is Cc1cc[n+](Cc2ccc(C[n+]3ccc(C)cc3)cc2)cc1. The average molecular weight is 290 g/mol. The Bertz CT molecular complexity index is 660. The summed E-state index contributed by atoms with van der Waals surface area (Å²) in [4.78, 5) is 0. The summed E-state index contributed by atoms with van der Waals surface area (Å²) in [6.45, 7) is 6.06. The van der Waals surface area contributed by atoms with Crippen LogP contribution >= 0.6 is 0 Å². The molecule has 2 heterocycles. The second-order valence-electron chi connectivity index (χ2n) is 5.91. The summed E-state index contributed by atoms with van der Waals surface area (Å²) in [5.74, 6) is 0. The number of hydrogen-bond acceptors (Lipinski definition) is 0. The Balaban J connectivity index is 1.67. The fourth-order valence-electron chi connectivity index (χ4n) is 2.45. The summed E-state index contributed by atoms with van der Waals surface area (Å²) in [5, 5.41) is 0. The number of aryl methyl sites for hydroxylation is 2. The van der Waals surface area contributed by atoms with Gasteiger partial charge in [0.2, 0.25) is 0 Å². The molecule has 0 aliphatic carbocycles. The van der Waals surface area contributed by atoms with Crippen LogP contribution < -0.4 is 9.13 Å². The molecule has 0 saturated heterocycles. The third kappa shape index (κ3) is 3.79. The highest BCUT2D eigenvalue weighted by molar-refractivity contribution is 5.21. The zero-order chi connectivity index (χ0) is 15.4. The zero-order valence-corrected chi connectivity index (χ0v) is 13.2. The van der Waals surface area contributed by atoms with Crippen LogP contribution in [0.4, 0.5) is 0 Å². The molecular formula is C20H22N2+2. The van der Waals surface area contributed by atoms with Crippen LogP contribution in [0.25, 0.3) is 0 Å². The summed E-state index contributed by atoms with van der Waals surface area (Å²) in [7, 11) is 0. The fraction of sp³-hybridized carbons (Fsp3) is 0.200. The molecule has 22 heavy (non-hydrogen) atoms. The summed E-state index contributed by atoms with van der Waals surface area (Å²) < 4.78 is 4.41. The van der Waals surface area contributed by atoms with Crippen LogP contribution in [-0.2, 0) is 13.1 Å². The fourth-order valence-corrected chi connectivity index (χ4v) is 2.45. The van der Waals surface area contributed by atoms with Gasteiger partial charge in [0.15, 0.2) is 37.9 Å². The average Bonchev–Trinajstić information content (AvgIpc) is 2.54. The Morgan fingerprint density at radius 2 is 0.864 bits per heavy atom. The van der Waals surface area contributed by atoms with Gasteiger partial charge in [0.1, 0.15) is 0 Å². The van der Waals surface area contributed by atoms with Gasteiger partial charge in [-0.05, 0) is 25.0 Å². The van der Waals surface area contributed by atoms with Crippen LogP contribution in [0.2, 0.25) is 0 Å². The molecule has 0 aliphatic rings. The summed E-state index contributed by atoms with van der Waals surface area (Å²) in [6.07, 6.45) is 8.52. The molecule has 3 aromatic rings. The number of benzene rings is 1. The largest absolute Gasteiger partial charge is 0.201 e. The molecule has 0 amide bonds. The summed E-state index contributed by atoms with van der Waals surface area (Å²) >= 11 is 0. The first-order chi connectivity index (χ1) is 10.7. The maximum atomic E-state index is 2.22. The van der Waals surface area contributed by atoms with E-state index < -0.39 is 0 Å². The molecule has 0 aliphatic heterocycles. The lowest BCUT2D eigenvalue weighted by Crippen LogP contribution is -2.34. The Morgan fingerprint density at radius 3 is 1.18 bits per heavy atom. The third-order valence-corrected chi connectivity index (χ3v) is 3.87. The van der Waals surface area contributed by atoms with Gasteiger partial charge < -0.3 is 0 Å². The third-order valence-electron chi connectivity index (χ3n) is 3.87. The minimum absolute atomic E-state index is 0.915. The molecule has 1 aromatic carbocycles. The van der Waals surface area contributed by atoms with E-state index in [0.717, 1.165) is 13.1 Å². The number of pyridine rings is 2. The van der Waals surface area contributed by atoms with Crippen molar-refractivity contribution in [1.82, 2.24) is 0 Å². The van der Waals surface area contributed by atoms with Gasteiger partial charge in [-0.1, -0.05) is 24.3 Å². The molecule has 0 N–H and O–H groups in total. The van der Waals surface area contributed by atoms with E-state index in [0.29, 0.717) is 0 Å². The van der Waals surface area contributed by atoms with Crippen molar-refractivity contribution in [3.63, 3.8) is 0 Å². The van der Waals surface area contributed by atoms with Crippen LogP contribution in [0.5, 0.6) is 0 Å². The molecule has 2 heteroatoms. The summed E-state index contributed by atoms with van der Waals surface area (Å²) in [5.41, 5.74) is 5.24.